The number of aromatic nitrogens is 1. The molecule has 1 N–H and O–H groups in total. The molecule has 3 rings (SSSR count). The van der Waals surface area contributed by atoms with E-state index in [9.17, 15) is 5.26 Å². The Balaban J connectivity index is 2.17. The van der Waals surface area contributed by atoms with Gasteiger partial charge in [-0.25, -0.2) is 0 Å². The third kappa shape index (κ3) is 2.17. The molecule has 1 unspecified atom stereocenters. The maximum atomic E-state index is 9.35. The van der Waals surface area contributed by atoms with Crippen LogP contribution in [-0.4, -0.2) is 18.1 Å². The number of rotatable bonds is 1. The van der Waals surface area contributed by atoms with Crippen molar-refractivity contribution in [2.45, 2.75) is 39.0 Å². The van der Waals surface area contributed by atoms with Gasteiger partial charge in [0.2, 0.25) is 0 Å². The van der Waals surface area contributed by atoms with E-state index >= 15 is 0 Å². The first-order valence-electron chi connectivity index (χ1n) is 7.13. The minimum Gasteiger partial charge on any atom is -0.358 e. The van der Waals surface area contributed by atoms with Gasteiger partial charge in [-0.1, -0.05) is 19.1 Å². The van der Waals surface area contributed by atoms with Gasteiger partial charge in [0, 0.05) is 13.1 Å². The Bertz CT molecular complexity index is 591. The second-order valence-electron chi connectivity index (χ2n) is 5.79. The first kappa shape index (κ1) is 12.7. The lowest BCUT2D eigenvalue weighted by Gasteiger charge is -2.29. The number of anilines is 1. The number of aromatic amines is 1. The zero-order valence-electron chi connectivity index (χ0n) is 11.3. The average molecular weight is 273 g/mol. The fourth-order valence-corrected chi connectivity index (χ4v) is 3.61. The molecule has 1 saturated heterocycles. The van der Waals surface area contributed by atoms with Gasteiger partial charge in [0.25, 0.3) is 0 Å². The van der Waals surface area contributed by atoms with E-state index in [2.05, 4.69) is 22.9 Å². The van der Waals surface area contributed by atoms with Crippen molar-refractivity contribution < 1.29 is 0 Å². The molecule has 0 amide bonds. The molecule has 0 aromatic carbocycles. The fraction of sp³-hybridized carbons (Fsp3) is 0.600. The van der Waals surface area contributed by atoms with Crippen LogP contribution in [0.4, 0.5) is 5.82 Å². The molecule has 2 heterocycles. The van der Waals surface area contributed by atoms with Crippen LogP contribution in [0.2, 0.25) is 0 Å². The summed E-state index contributed by atoms with van der Waals surface area (Å²) in [5.74, 6) is 1.90. The van der Waals surface area contributed by atoms with Gasteiger partial charge in [-0.05, 0) is 49.1 Å². The zero-order valence-corrected chi connectivity index (χ0v) is 12.1. The molecule has 4 heteroatoms. The van der Waals surface area contributed by atoms with Crippen LogP contribution >= 0.6 is 12.2 Å². The third-order valence-corrected chi connectivity index (χ3v) is 4.69. The van der Waals surface area contributed by atoms with Crippen LogP contribution in [0.15, 0.2) is 0 Å². The molecule has 1 fully saturated rings. The van der Waals surface area contributed by atoms with Gasteiger partial charge in [0.05, 0.1) is 5.56 Å². The summed E-state index contributed by atoms with van der Waals surface area (Å²) >= 11 is 5.38. The standard InChI is InChI=1S/C15H19N3S/c1-10-4-5-11-12(8-10)14(18-6-2-3-7-18)17-15(19)13(11)9-16/h10H,2-8H2,1H3,(H,17,19). The number of nitriles is 1. The summed E-state index contributed by atoms with van der Waals surface area (Å²) in [6, 6.07) is 2.30. The normalized spacial score (nSPS) is 22.1. The van der Waals surface area contributed by atoms with Gasteiger partial charge >= 0.3 is 0 Å². The van der Waals surface area contributed by atoms with Crippen molar-refractivity contribution >= 4 is 18.0 Å². The van der Waals surface area contributed by atoms with Crippen LogP contribution in [0, 0.1) is 21.9 Å². The first-order valence-corrected chi connectivity index (χ1v) is 7.54. The van der Waals surface area contributed by atoms with Crippen LogP contribution in [-0.2, 0) is 12.8 Å². The van der Waals surface area contributed by atoms with Crippen molar-refractivity contribution in [3.63, 3.8) is 0 Å². The summed E-state index contributed by atoms with van der Waals surface area (Å²) < 4.78 is 0.623. The van der Waals surface area contributed by atoms with Crippen molar-refractivity contribution in [3.8, 4) is 6.07 Å². The van der Waals surface area contributed by atoms with Crippen molar-refractivity contribution in [2.75, 3.05) is 18.0 Å². The van der Waals surface area contributed by atoms with E-state index in [4.69, 9.17) is 12.2 Å². The Labute approximate surface area is 119 Å². The van der Waals surface area contributed by atoms with E-state index in [1.165, 1.54) is 36.2 Å². The molecule has 100 valence electrons. The second kappa shape index (κ2) is 4.97. The number of fused-ring (bicyclic) bond motifs is 1. The predicted molar refractivity (Wildman–Crippen MR) is 79.0 cm³/mol. The van der Waals surface area contributed by atoms with E-state index in [0.717, 1.165) is 25.9 Å². The molecule has 1 aromatic heterocycles. The number of H-pyrrole nitrogens is 1. The Kier molecular flexibility index (Phi) is 3.32. The topological polar surface area (TPSA) is 42.8 Å². The highest BCUT2D eigenvalue weighted by Crippen LogP contribution is 2.35. The van der Waals surface area contributed by atoms with Gasteiger partial charge in [-0.15, -0.1) is 0 Å². The first-order chi connectivity index (χ1) is 9.20. The number of hydrogen-bond acceptors (Lipinski definition) is 3. The van der Waals surface area contributed by atoms with Crippen LogP contribution in [0.25, 0.3) is 0 Å². The summed E-state index contributed by atoms with van der Waals surface area (Å²) in [5, 5.41) is 9.35. The van der Waals surface area contributed by atoms with Crippen molar-refractivity contribution in [1.29, 1.82) is 5.26 Å². The van der Waals surface area contributed by atoms with E-state index in [1.54, 1.807) is 0 Å². The monoisotopic (exact) mass is 273 g/mol. The number of nitrogens with one attached hydrogen (secondary N) is 1. The Morgan fingerprint density at radius 3 is 2.74 bits per heavy atom. The van der Waals surface area contributed by atoms with Crippen molar-refractivity contribution in [1.82, 2.24) is 4.98 Å². The molecule has 1 aromatic rings. The Hall–Kier alpha value is -1.34. The molecule has 19 heavy (non-hydrogen) atoms. The summed E-state index contributed by atoms with van der Waals surface area (Å²) in [6.45, 7) is 4.51. The Morgan fingerprint density at radius 2 is 2.05 bits per heavy atom. The molecule has 1 aliphatic heterocycles. The van der Waals surface area contributed by atoms with Crippen LogP contribution in [0.1, 0.15) is 42.9 Å². The zero-order chi connectivity index (χ0) is 13.4. The van der Waals surface area contributed by atoms with Crippen LogP contribution in [0.3, 0.4) is 0 Å². The highest BCUT2D eigenvalue weighted by atomic mass is 32.1. The highest BCUT2D eigenvalue weighted by Gasteiger charge is 2.26. The largest absolute Gasteiger partial charge is 0.358 e. The van der Waals surface area contributed by atoms with Gasteiger partial charge in [-0.3, -0.25) is 0 Å². The fourth-order valence-electron chi connectivity index (χ4n) is 3.34. The maximum Gasteiger partial charge on any atom is 0.123 e. The van der Waals surface area contributed by atoms with Crippen LogP contribution in [0.5, 0.6) is 0 Å². The van der Waals surface area contributed by atoms with Crippen molar-refractivity contribution in [3.05, 3.63) is 21.3 Å². The molecule has 0 spiro atoms. The molecule has 2 aliphatic rings. The SMILES string of the molecule is CC1CCc2c(c(N3CCCC3)[nH]c(=S)c2C#N)C1. The molecule has 1 atom stereocenters. The summed E-state index contributed by atoms with van der Waals surface area (Å²) in [6.07, 6.45) is 5.75. The molecular weight excluding hydrogens is 254 g/mol. The van der Waals surface area contributed by atoms with E-state index in [-0.39, 0.29) is 0 Å². The molecule has 0 saturated carbocycles. The summed E-state index contributed by atoms with van der Waals surface area (Å²) in [7, 11) is 0. The number of pyridine rings is 1. The van der Waals surface area contributed by atoms with E-state index in [0.29, 0.717) is 16.1 Å². The highest BCUT2D eigenvalue weighted by molar-refractivity contribution is 7.71. The third-order valence-electron chi connectivity index (χ3n) is 4.38. The number of nitrogens with zero attached hydrogens (tertiary/aromatic N) is 2. The van der Waals surface area contributed by atoms with E-state index in [1.807, 2.05) is 0 Å². The maximum absolute atomic E-state index is 9.35. The van der Waals surface area contributed by atoms with Gasteiger partial charge in [-0.2, -0.15) is 5.26 Å². The second-order valence-corrected chi connectivity index (χ2v) is 6.20. The molecule has 0 radical (unpaired) electrons. The Morgan fingerprint density at radius 1 is 1.32 bits per heavy atom. The number of hydrogen-bond donors (Lipinski definition) is 1. The minimum absolute atomic E-state index is 0.623. The van der Waals surface area contributed by atoms with Crippen molar-refractivity contribution in [2.24, 2.45) is 5.92 Å². The lowest BCUT2D eigenvalue weighted by atomic mass is 9.83. The van der Waals surface area contributed by atoms with Crippen LogP contribution < -0.4 is 4.90 Å². The van der Waals surface area contributed by atoms with Gasteiger partial charge in [0.15, 0.2) is 0 Å². The lowest BCUT2D eigenvalue weighted by Crippen LogP contribution is -2.25. The average Bonchev–Trinajstić information content (AvgIpc) is 2.92. The predicted octanol–water partition coefficient (Wildman–Crippen LogP) is 3.34. The summed E-state index contributed by atoms with van der Waals surface area (Å²) in [5.41, 5.74) is 3.27. The quantitative estimate of drug-likeness (QED) is 0.798. The lowest BCUT2D eigenvalue weighted by molar-refractivity contribution is 0.498. The molecular formula is C15H19N3S. The van der Waals surface area contributed by atoms with Gasteiger partial charge in [0.1, 0.15) is 16.5 Å². The minimum atomic E-state index is 0.623. The summed E-state index contributed by atoms with van der Waals surface area (Å²) in [4.78, 5) is 5.75. The van der Waals surface area contributed by atoms with E-state index < -0.39 is 0 Å². The smallest absolute Gasteiger partial charge is 0.123 e. The van der Waals surface area contributed by atoms with Gasteiger partial charge < -0.3 is 9.88 Å². The molecule has 0 bridgehead atoms. The molecule has 1 aliphatic carbocycles. The molecule has 3 nitrogen and oxygen atoms in total.